The Hall–Kier alpha value is -2.51. The Balaban J connectivity index is 1.38. The number of rotatable bonds is 4. The van der Waals surface area contributed by atoms with E-state index in [-0.39, 0.29) is 11.7 Å². The lowest BCUT2D eigenvalue weighted by Gasteiger charge is -2.19. The first-order valence-corrected chi connectivity index (χ1v) is 11.5. The molecule has 0 N–H and O–H groups in total. The maximum Gasteiger partial charge on any atom is 0.254 e. The Kier molecular flexibility index (Phi) is 5.42. The van der Waals surface area contributed by atoms with Gasteiger partial charge in [0.25, 0.3) is 5.91 Å². The number of likely N-dealkylation sites (tertiary alicyclic amines) is 1. The van der Waals surface area contributed by atoms with E-state index in [0.29, 0.717) is 36.0 Å². The summed E-state index contributed by atoms with van der Waals surface area (Å²) in [6.07, 6.45) is 2.83. The first-order chi connectivity index (χ1) is 15.3. The highest BCUT2D eigenvalue weighted by Gasteiger charge is 2.31. The van der Waals surface area contributed by atoms with Gasteiger partial charge in [-0.25, -0.2) is 13.9 Å². The number of hydrogen-bond acceptors (Lipinski definition) is 4. The fraction of sp³-hybridized carbons (Fsp3) is 0.458. The third kappa shape index (κ3) is 3.67. The minimum absolute atomic E-state index is 0.0814. The highest BCUT2D eigenvalue weighted by atomic mass is 35.5. The number of halogens is 2. The molecule has 0 spiro atoms. The van der Waals surface area contributed by atoms with Gasteiger partial charge in [0.2, 0.25) is 0 Å². The molecule has 0 aliphatic carbocycles. The SMILES string of the molecule is Cc1nc2c3c(nn2c(C)c1Cl)CN(C(=O)c1ccc(F)cc1CC[C@@H]1CCN(C)C1)C3. The minimum Gasteiger partial charge on any atom is -0.328 e. The van der Waals surface area contributed by atoms with Gasteiger partial charge in [-0.15, -0.1) is 0 Å². The van der Waals surface area contributed by atoms with Crippen molar-refractivity contribution < 1.29 is 9.18 Å². The lowest BCUT2D eigenvalue weighted by molar-refractivity contribution is 0.0748. The van der Waals surface area contributed by atoms with Crippen LogP contribution in [0.1, 0.15) is 51.4 Å². The van der Waals surface area contributed by atoms with Gasteiger partial charge in [-0.2, -0.15) is 5.10 Å². The van der Waals surface area contributed by atoms with Crippen molar-refractivity contribution in [1.29, 1.82) is 0 Å². The van der Waals surface area contributed by atoms with E-state index < -0.39 is 0 Å². The number of hydrogen-bond donors (Lipinski definition) is 0. The number of benzene rings is 1. The fourth-order valence-electron chi connectivity index (χ4n) is 5.03. The molecule has 2 aliphatic rings. The first-order valence-electron chi connectivity index (χ1n) is 11.1. The standard InChI is InChI=1S/C24H27ClFN5O/c1-14-22(25)15(2)31-23(27-14)20-12-30(13-21(20)28-31)24(32)19-7-6-18(26)10-17(19)5-4-16-8-9-29(3)11-16/h6-7,10,16H,4-5,8-9,11-13H2,1-3H3/t16-/m1/s1. The summed E-state index contributed by atoms with van der Waals surface area (Å²) < 4.78 is 15.8. The molecule has 1 fully saturated rings. The molecular formula is C24H27ClFN5O. The van der Waals surface area contributed by atoms with Gasteiger partial charge >= 0.3 is 0 Å². The molecule has 1 atom stereocenters. The summed E-state index contributed by atoms with van der Waals surface area (Å²) in [7, 11) is 2.13. The van der Waals surface area contributed by atoms with Crippen molar-refractivity contribution in [1.82, 2.24) is 24.4 Å². The van der Waals surface area contributed by atoms with E-state index in [4.69, 9.17) is 11.6 Å². The number of carbonyl (C=O) groups is 1. The van der Waals surface area contributed by atoms with E-state index in [1.165, 1.54) is 12.1 Å². The molecular weight excluding hydrogens is 429 g/mol. The van der Waals surface area contributed by atoms with Gasteiger partial charge in [0.05, 0.1) is 35.2 Å². The summed E-state index contributed by atoms with van der Waals surface area (Å²) in [4.78, 5) is 22.2. The van der Waals surface area contributed by atoms with E-state index in [1.54, 1.807) is 15.5 Å². The Labute approximate surface area is 192 Å². The molecule has 6 nitrogen and oxygen atoms in total. The molecule has 2 aromatic heterocycles. The van der Waals surface area contributed by atoms with Gasteiger partial charge in [-0.05, 0) is 76.4 Å². The van der Waals surface area contributed by atoms with Crippen molar-refractivity contribution in [3.05, 3.63) is 62.8 Å². The monoisotopic (exact) mass is 455 g/mol. The number of nitrogens with zero attached hydrogens (tertiary/aromatic N) is 5. The average molecular weight is 456 g/mol. The van der Waals surface area contributed by atoms with Crippen LogP contribution in [0.3, 0.4) is 0 Å². The third-order valence-electron chi connectivity index (χ3n) is 6.85. The second-order valence-corrected chi connectivity index (χ2v) is 9.55. The molecule has 5 rings (SSSR count). The molecule has 0 radical (unpaired) electrons. The Morgan fingerprint density at radius 1 is 1.28 bits per heavy atom. The van der Waals surface area contributed by atoms with E-state index in [0.717, 1.165) is 59.8 Å². The van der Waals surface area contributed by atoms with Crippen LogP contribution in [-0.4, -0.2) is 50.4 Å². The van der Waals surface area contributed by atoms with Crippen LogP contribution in [0.25, 0.3) is 5.65 Å². The normalized spacial score (nSPS) is 18.7. The van der Waals surface area contributed by atoms with Crippen LogP contribution >= 0.6 is 11.6 Å². The predicted molar refractivity (Wildman–Crippen MR) is 121 cm³/mol. The molecule has 32 heavy (non-hydrogen) atoms. The van der Waals surface area contributed by atoms with Crippen LogP contribution in [0, 0.1) is 25.6 Å². The van der Waals surface area contributed by atoms with E-state index in [1.807, 2.05) is 13.8 Å². The fourth-order valence-corrected chi connectivity index (χ4v) is 5.15. The summed E-state index contributed by atoms with van der Waals surface area (Å²) in [5, 5.41) is 5.27. The quantitative estimate of drug-likeness (QED) is 0.592. The Morgan fingerprint density at radius 2 is 2.09 bits per heavy atom. The van der Waals surface area contributed by atoms with Crippen molar-refractivity contribution in [2.75, 3.05) is 20.1 Å². The van der Waals surface area contributed by atoms with Gasteiger partial charge in [-0.1, -0.05) is 11.6 Å². The summed E-state index contributed by atoms with van der Waals surface area (Å²) in [6, 6.07) is 4.53. The van der Waals surface area contributed by atoms with Crippen molar-refractivity contribution >= 4 is 23.2 Å². The topological polar surface area (TPSA) is 53.7 Å². The van der Waals surface area contributed by atoms with Crippen molar-refractivity contribution in [2.45, 2.75) is 46.2 Å². The van der Waals surface area contributed by atoms with Crippen molar-refractivity contribution in [3.8, 4) is 0 Å². The molecule has 2 aliphatic heterocycles. The van der Waals surface area contributed by atoms with Crippen LogP contribution < -0.4 is 0 Å². The number of amides is 1. The molecule has 1 saturated heterocycles. The summed E-state index contributed by atoms with van der Waals surface area (Å²) in [5.74, 6) is 0.219. The Bertz CT molecular complexity index is 1220. The number of carbonyl (C=O) groups excluding carboxylic acids is 1. The largest absolute Gasteiger partial charge is 0.328 e. The van der Waals surface area contributed by atoms with Gasteiger partial charge in [-0.3, -0.25) is 4.79 Å². The van der Waals surface area contributed by atoms with Crippen LogP contribution in [0.4, 0.5) is 4.39 Å². The highest BCUT2D eigenvalue weighted by molar-refractivity contribution is 6.31. The molecule has 8 heteroatoms. The zero-order valence-corrected chi connectivity index (χ0v) is 19.4. The molecule has 0 saturated carbocycles. The van der Waals surface area contributed by atoms with Crippen LogP contribution in [0.5, 0.6) is 0 Å². The van der Waals surface area contributed by atoms with E-state index >= 15 is 0 Å². The predicted octanol–water partition coefficient (Wildman–Crippen LogP) is 4.18. The van der Waals surface area contributed by atoms with Crippen molar-refractivity contribution in [2.24, 2.45) is 5.92 Å². The molecule has 3 aromatic rings. The van der Waals surface area contributed by atoms with Gasteiger partial charge in [0.1, 0.15) is 5.82 Å². The second-order valence-electron chi connectivity index (χ2n) is 9.18. The molecule has 0 bridgehead atoms. The lowest BCUT2D eigenvalue weighted by Crippen LogP contribution is -2.27. The third-order valence-corrected chi connectivity index (χ3v) is 7.40. The zero-order valence-electron chi connectivity index (χ0n) is 18.7. The summed E-state index contributed by atoms with van der Waals surface area (Å²) in [6.45, 7) is 6.82. The zero-order chi connectivity index (χ0) is 22.6. The maximum absolute atomic E-state index is 14.0. The summed E-state index contributed by atoms with van der Waals surface area (Å²) >= 11 is 6.33. The number of aromatic nitrogens is 3. The van der Waals surface area contributed by atoms with E-state index in [2.05, 4.69) is 22.0 Å². The minimum atomic E-state index is -0.297. The maximum atomic E-state index is 14.0. The summed E-state index contributed by atoms with van der Waals surface area (Å²) in [5.41, 5.74) is 5.53. The smallest absolute Gasteiger partial charge is 0.254 e. The van der Waals surface area contributed by atoms with Gasteiger partial charge < -0.3 is 9.80 Å². The Morgan fingerprint density at radius 3 is 2.84 bits per heavy atom. The highest BCUT2D eigenvalue weighted by Crippen LogP contribution is 2.31. The average Bonchev–Trinajstić information content (AvgIpc) is 3.45. The number of aryl methyl sites for hydroxylation is 3. The van der Waals surface area contributed by atoms with Crippen LogP contribution in [0.2, 0.25) is 5.02 Å². The molecule has 1 aromatic carbocycles. The lowest BCUT2D eigenvalue weighted by atomic mass is 9.95. The van der Waals surface area contributed by atoms with Crippen LogP contribution in [0.15, 0.2) is 18.2 Å². The van der Waals surface area contributed by atoms with Crippen molar-refractivity contribution in [3.63, 3.8) is 0 Å². The first kappa shape index (κ1) is 21.3. The molecule has 0 unspecified atom stereocenters. The molecule has 4 heterocycles. The van der Waals surface area contributed by atoms with Gasteiger partial charge in [0.15, 0.2) is 5.65 Å². The molecule has 1 amide bonds. The van der Waals surface area contributed by atoms with Gasteiger partial charge in [0, 0.05) is 17.7 Å². The van der Waals surface area contributed by atoms with E-state index in [9.17, 15) is 9.18 Å². The second kappa shape index (κ2) is 8.12. The van der Waals surface area contributed by atoms with Crippen LogP contribution in [-0.2, 0) is 19.5 Å². The number of fused-ring (bicyclic) bond motifs is 3. The molecule has 168 valence electrons.